The van der Waals surface area contributed by atoms with E-state index >= 15 is 0 Å². The molecule has 2 amide bonds. The maximum atomic E-state index is 12.0. The Bertz CT molecular complexity index is 500. The van der Waals surface area contributed by atoms with Crippen molar-refractivity contribution in [2.45, 2.75) is 26.2 Å². The van der Waals surface area contributed by atoms with Gasteiger partial charge in [-0.25, -0.2) is 4.79 Å². The van der Waals surface area contributed by atoms with E-state index in [1.54, 1.807) is 7.11 Å². The van der Waals surface area contributed by atoms with Gasteiger partial charge in [0.25, 0.3) is 0 Å². The maximum Gasteiger partial charge on any atom is 0.317 e. The molecule has 5 nitrogen and oxygen atoms in total. The quantitative estimate of drug-likeness (QED) is 0.867. The molecular weight excluding hydrogens is 290 g/mol. The number of rotatable bonds is 4. The van der Waals surface area contributed by atoms with Crippen LogP contribution in [0.4, 0.5) is 10.5 Å². The highest BCUT2D eigenvalue weighted by atomic mass is 16.5. The van der Waals surface area contributed by atoms with Crippen molar-refractivity contribution >= 4 is 11.7 Å². The summed E-state index contributed by atoms with van der Waals surface area (Å²) in [5.41, 5.74) is 2.76. The topological polar surface area (TPSA) is 44.8 Å². The van der Waals surface area contributed by atoms with Crippen LogP contribution in [0.15, 0.2) is 24.3 Å². The van der Waals surface area contributed by atoms with Crippen LogP contribution in [0, 0.1) is 0 Å². The minimum absolute atomic E-state index is 0.00443. The number of amides is 2. The summed E-state index contributed by atoms with van der Waals surface area (Å²) in [5, 5.41) is 2.88. The number of ether oxygens (including phenoxy) is 1. The van der Waals surface area contributed by atoms with Crippen LogP contribution >= 0.6 is 0 Å². The van der Waals surface area contributed by atoms with Crippen molar-refractivity contribution in [1.29, 1.82) is 0 Å². The molecule has 0 aromatic heterocycles. The number of carbonyl (C=O) groups is 1. The van der Waals surface area contributed by atoms with Crippen LogP contribution in [0.5, 0.6) is 0 Å². The van der Waals surface area contributed by atoms with E-state index in [-0.39, 0.29) is 11.4 Å². The maximum absolute atomic E-state index is 12.0. The van der Waals surface area contributed by atoms with Gasteiger partial charge in [0.15, 0.2) is 0 Å². The lowest BCUT2D eigenvalue weighted by molar-refractivity contribution is 0.177. The predicted octanol–water partition coefficient (Wildman–Crippen LogP) is 2.46. The van der Waals surface area contributed by atoms with Crippen LogP contribution in [-0.2, 0) is 10.2 Å². The highest BCUT2D eigenvalue weighted by Crippen LogP contribution is 2.25. The second-order valence-corrected chi connectivity index (χ2v) is 7.00. The molecule has 1 N–H and O–H groups in total. The van der Waals surface area contributed by atoms with Crippen LogP contribution in [0.1, 0.15) is 26.3 Å². The SMILES string of the molecule is COCCNC(=O)N1CCN(c2ccc(C(C)(C)C)cc2)CC1. The minimum Gasteiger partial charge on any atom is -0.383 e. The highest BCUT2D eigenvalue weighted by molar-refractivity contribution is 5.74. The molecule has 2 rings (SSSR count). The van der Waals surface area contributed by atoms with E-state index in [4.69, 9.17) is 4.74 Å². The van der Waals surface area contributed by atoms with Crippen LogP contribution in [-0.4, -0.2) is 57.4 Å². The molecule has 1 aromatic carbocycles. The molecule has 0 spiro atoms. The van der Waals surface area contributed by atoms with Crippen molar-refractivity contribution in [3.8, 4) is 0 Å². The summed E-state index contributed by atoms with van der Waals surface area (Å²) >= 11 is 0. The molecule has 1 saturated heterocycles. The average Bonchev–Trinajstić information content (AvgIpc) is 2.54. The molecule has 0 aliphatic carbocycles. The monoisotopic (exact) mass is 319 g/mol. The summed E-state index contributed by atoms with van der Waals surface area (Å²) in [6.45, 7) is 11.0. The number of hydrogen-bond acceptors (Lipinski definition) is 3. The van der Waals surface area contributed by atoms with Crippen molar-refractivity contribution < 1.29 is 9.53 Å². The van der Waals surface area contributed by atoms with Gasteiger partial charge >= 0.3 is 6.03 Å². The van der Waals surface area contributed by atoms with Gasteiger partial charge in [0.2, 0.25) is 0 Å². The zero-order chi connectivity index (χ0) is 16.9. The summed E-state index contributed by atoms with van der Waals surface area (Å²) in [6, 6.07) is 8.80. The van der Waals surface area contributed by atoms with E-state index in [2.05, 4.69) is 55.3 Å². The van der Waals surface area contributed by atoms with Gasteiger partial charge in [-0.2, -0.15) is 0 Å². The Morgan fingerprint density at radius 1 is 1.13 bits per heavy atom. The van der Waals surface area contributed by atoms with E-state index < -0.39 is 0 Å². The first-order valence-corrected chi connectivity index (χ1v) is 8.29. The Balaban J connectivity index is 1.85. The first-order chi connectivity index (χ1) is 10.9. The van der Waals surface area contributed by atoms with Crippen molar-refractivity contribution in [2.75, 3.05) is 51.3 Å². The summed E-state index contributed by atoms with van der Waals surface area (Å²) in [7, 11) is 1.63. The van der Waals surface area contributed by atoms with E-state index in [1.807, 2.05) is 4.90 Å². The van der Waals surface area contributed by atoms with Crippen molar-refractivity contribution in [3.63, 3.8) is 0 Å². The Labute approximate surface area is 139 Å². The van der Waals surface area contributed by atoms with E-state index in [1.165, 1.54) is 11.3 Å². The van der Waals surface area contributed by atoms with Gasteiger partial charge in [-0.1, -0.05) is 32.9 Å². The van der Waals surface area contributed by atoms with Crippen LogP contribution < -0.4 is 10.2 Å². The highest BCUT2D eigenvalue weighted by Gasteiger charge is 2.21. The van der Waals surface area contributed by atoms with Gasteiger partial charge in [-0.3, -0.25) is 0 Å². The molecule has 23 heavy (non-hydrogen) atoms. The number of methoxy groups -OCH3 is 1. The van der Waals surface area contributed by atoms with Gasteiger partial charge in [0.05, 0.1) is 6.61 Å². The minimum atomic E-state index is 0.00443. The van der Waals surface area contributed by atoms with Crippen molar-refractivity contribution in [2.24, 2.45) is 0 Å². The number of urea groups is 1. The fourth-order valence-corrected chi connectivity index (χ4v) is 2.71. The normalized spacial score (nSPS) is 15.7. The Morgan fingerprint density at radius 2 is 1.74 bits per heavy atom. The fraction of sp³-hybridized carbons (Fsp3) is 0.611. The molecule has 0 saturated carbocycles. The van der Waals surface area contributed by atoms with Gasteiger partial charge < -0.3 is 19.9 Å². The average molecular weight is 319 g/mol. The zero-order valence-corrected chi connectivity index (χ0v) is 14.8. The molecular formula is C18H29N3O2. The third-order valence-corrected chi connectivity index (χ3v) is 4.25. The Morgan fingerprint density at radius 3 is 2.26 bits per heavy atom. The molecule has 1 aliphatic heterocycles. The Kier molecular flexibility index (Phi) is 5.88. The summed E-state index contributed by atoms with van der Waals surface area (Å²) < 4.78 is 4.95. The molecule has 128 valence electrons. The second-order valence-electron chi connectivity index (χ2n) is 7.00. The number of nitrogens with zero attached hydrogens (tertiary/aromatic N) is 2. The lowest BCUT2D eigenvalue weighted by atomic mass is 9.87. The summed E-state index contributed by atoms with van der Waals surface area (Å²) in [4.78, 5) is 16.2. The van der Waals surface area contributed by atoms with Gasteiger partial charge in [0.1, 0.15) is 0 Å². The van der Waals surface area contributed by atoms with Crippen molar-refractivity contribution in [1.82, 2.24) is 10.2 Å². The first kappa shape index (κ1) is 17.6. The van der Waals surface area contributed by atoms with Crippen molar-refractivity contribution in [3.05, 3.63) is 29.8 Å². The lowest BCUT2D eigenvalue weighted by Gasteiger charge is -2.36. The van der Waals surface area contributed by atoms with Gasteiger partial charge in [-0.05, 0) is 23.1 Å². The number of hydrogen-bond donors (Lipinski definition) is 1. The molecule has 1 aromatic rings. The van der Waals surface area contributed by atoms with Crippen LogP contribution in [0.25, 0.3) is 0 Å². The van der Waals surface area contributed by atoms with Gasteiger partial charge in [0, 0.05) is 45.5 Å². The van der Waals surface area contributed by atoms with Crippen LogP contribution in [0.3, 0.4) is 0 Å². The molecule has 0 bridgehead atoms. The Hall–Kier alpha value is -1.75. The third kappa shape index (κ3) is 4.86. The standard InChI is InChI=1S/C18H29N3O2/c1-18(2,3)15-5-7-16(8-6-15)20-10-12-21(13-11-20)17(22)19-9-14-23-4/h5-8H,9-14H2,1-4H3,(H,19,22). The van der Waals surface area contributed by atoms with E-state index in [9.17, 15) is 4.79 Å². The summed E-state index contributed by atoms with van der Waals surface area (Å²) in [6.07, 6.45) is 0. The molecule has 5 heteroatoms. The largest absolute Gasteiger partial charge is 0.383 e. The third-order valence-electron chi connectivity index (χ3n) is 4.25. The molecule has 0 radical (unpaired) electrons. The molecule has 1 fully saturated rings. The number of nitrogens with one attached hydrogen (secondary N) is 1. The second kappa shape index (κ2) is 7.68. The van der Waals surface area contributed by atoms with Gasteiger partial charge in [-0.15, -0.1) is 0 Å². The number of piperazine rings is 1. The lowest BCUT2D eigenvalue weighted by Crippen LogP contribution is -2.52. The molecule has 1 aliphatic rings. The fourth-order valence-electron chi connectivity index (χ4n) is 2.71. The number of benzene rings is 1. The molecule has 1 heterocycles. The molecule has 0 unspecified atom stereocenters. The number of anilines is 1. The first-order valence-electron chi connectivity index (χ1n) is 8.29. The smallest absolute Gasteiger partial charge is 0.317 e. The number of carbonyl (C=O) groups excluding carboxylic acids is 1. The zero-order valence-electron chi connectivity index (χ0n) is 14.8. The predicted molar refractivity (Wildman–Crippen MR) is 94.2 cm³/mol. The summed E-state index contributed by atoms with van der Waals surface area (Å²) in [5.74, 6) is 0. The molecule has 0 atom stereocenters. The van der Waals surface area contributed by atoms with E-state index in [0.29, 0.717) is 13.2 Å². The van der Waals surface area contributed by atoms with Crippen LogP contribution in [0.2, 0.25) is 0 Å². The van der Waals surface area contributed by atoms with E-state index in [0.717, 1.165) is 26.2 Å².